The van der Waals surface area contributed by atoms with E-state index in [1.165, 1.54) is 6.08 Å². The first-order chi connectivity index (χ1) is 11.0. The van der Waals surface area contributed by atoms with E-state index in [2.05, 4.69) is 24.1 Å². The molecule has 0 atom stereocenters. The molecule has 0 bridgehead atoms. The number of benzene rings is 1. The van der Waals surface area contributed by atoms with Gasteiger partial charge in [-0.05, 0) is 23.8 Å². The summed E-state index contributed by atoms with van der Waals surface area (Å²) in [6.45, 7) is 4.59. The van der Waals surface area contributed by atoms with E-state index in [0.29, 0.717) is 18.0 Å². The second-order valence-corrected chi connectivity index (χ2v) is 6.26. The Hall–Kier alpha value is -2.47. The lowest BCUT2D eigenvalue weighted by Crippen LogP contribution is -2.20. The summed E-state index contributed by atoms with van der Waals surface area (Å²) in [6, 6.07) is 6.73. The predicted molar refractivity (Wildman–Crippen MR) is 92.0 cm³/mol. The van der Waals surface area contributed by atoms with Gasteiger partial charge in [0, 0.05) is 22.9 Å². The normalized spacial score (nSPS) is 11.1. The summed E-state index contributed by atoms with van der Waals surface area (Å²) < 4.78 is 0. The van der Waals surface area contributed by atoms with E-state index in [-0.39, 0.29) is 5.91 Å². The summed E-state index contributed by atoms with van der Waals surface area (Å²) in [4.78, 5) is 27.2. The zero-order valence-corrected chi connectivity index (χ0v) is 13.9. The monoisotopic (exact) mass is 329 g/mol. The molecule has 0 saturated heterocycles. The quantitative estimate of drug-likeness (QED) is 0.799. The van der Waals surface area contributed by atoms with E-state index in [1.54, 1.807) is 41.7 Å². The Morgan fingerprint density at radius 3 is 2.57 bits per heavy atom. The number of nitrogens with one attached hydrogen (secondary N) is 1. The van der Waals surface area contributed by atoms with Crippen molar-refractivity contribution in [3.63, 3.8) is 0 Å². The van der Waals surface area contributed by atoms with E-state index in [1.807, 2.05) is 5.38 Å². The van der Waals surface area contributed by atoms with Crippen molar-refractivity contribution in [3.8, 4) is 0 Å². The van der Waals surface area contributed by atoms with Crippen LogP contribution in [0.2, 0.25) is 0 Å². The van der Waals surface area contributed by atoms with Gasteiger partial charge in [0.05, 0.1) is 17.2 Å². The summed E-state index contributed by atoms with van der Waals surface area (Å²) in [7, 11) is 0. The van der Waals surface area contributed by atoms with Gasteiger partial charge in [0.15, 0.2) is 0 Å². The van der Waals surface area contributed by atoms with Gasteiger partial charge in [-0.1, -0.05) is 26.0 Å². The number of carbonyl (C=O) groups excluding carboxylic acids is 2. The molecule has 0 radical (unpaired) electrons. The molecule has 5 nitrogen and oxygen atoms in total. The maximum Gasteiger partial charge on any atom is 0.248 e. The number of amides is 2. The number of nitrogens with two attached hydrogens (primary N) is 1. The average molecular weight is 329 g/mol. The summed E-state index contributed by atoms with van der Waals surface area (Å²) in [5.74, 6) is -0.266. The van der Waals surface area contributed by atoms with E-state index < -0.39 is 5.91 Å². The van der Waals surface area contributed by atoms with Crippen LogP contribution in [0, 0.1) is 0 Å². The van der Waals surface area contributed by atoms with Gasteiger partial charge in [0.1, 0.15) is 0 Å². The van der Waals surface area contributed by atoms with Crippen LogP contribution in [0.1, 0.15) is 46.4 Å². The maximum absolute atomic E-state index is 11.8. The first kappa shape index (κ1) is 16.9. The van der Waals surface area contributed by atoms with Crippen molar-refractivity contribution in [1.82, 2.24) is 10.3 Å². The molecule has 2 amide bonds. The van der Waals surface area contributed by atoms with Crippen LogP contribution < -0.4 is 11.1 Å². The highest BCUT2D eigenvalue weighted by atomic mass is 32.1. The van der Waals surface area contributed by atoms with Gasteiger partial charge in [-0.15, -0.1) is 11.3 Å². The molecule has 0 spiro atoms. The van der Waals surface area contributed by atoms with Gasteiger partial charge in [-0.2, -0.15) is 0 Å². The van der Waals surface area contributed by atoms with Crippen LogP contribution in [0.25, 0.3) is 6.08 Å². The van der Waals surface area contributed by atoms with Crippen LogP contribution in [0.3, 0.4) is 0 Å². The van der Waals surface area contributed by atoms with Crippen LogP contribution in [-0.4, -0.2) is 16.8 Å². The van der Waals surface area contributed by atoms with Crippen molar-refractivity contribution in [1.29, 1.82) is 0 Å². The second-order valence-electron chi connectivity index (χ2n) is 5.37. The summed E-state index contributed by atoms with van der Waals surface area (Å²) in [5.41, 5.74) is 7.30. The molecule has 1 heterocycles. The maximum atomic E-state index is 11.8. The minimum Gasteiger partial charge on any atom is -0.366 e. The van der Waals surface area contributed by atoms with Gasteiger partial charge in [-0.25, -0.2) is 4.98 Å². The number of hydrogen-bond donors (Lipinski definition) is 2. The van der Waals surface area contributed by atoms with Crippen molar-refractivity contribution in [2.45, 2.75) is 26.3 Å². The lowest BCUT2D eigenvalue weighted by atomic mass is 10.1. The number of aromatic nitrogens is 1. The standard InChI is InChI=1S/C17H19N3O2S/c1-11(2)17-20-14(10-23-17)9-19-15(21)8-5-12-3-6-13(7-4-12)16(18)22/h3-8,10-11H,9H2,1-2H3,(H2,18,22)(H,19,21). The van der Waals surface area contributed by atoms with E-state index in [9.17, 15) is 9.59 Å². The van der Waals surface area contributed by atoms with Crippen molar-refractivity contribution in [2.75, 3.05) is 0 Å². The molecule has 1 aromatic carbocycles. The van der Waals surface area contributed by atoms with Gasteiger partial charge >= 0.3 is 0 Å². The average Bonchev–Trinajstić information content (AvgIpc) is 3.00. The Morgan fingerprint density at radius 2 is 2.00 bits per heavy atom. The molecule has 0 unspecified atom stereocenters. The Labute approximate surface area is 139 Å². The molecule has 0 aliphatic heterocycles. The molecular weight excluding hydrogens is 310 g/mol. The highest BCUT2D eigenvalue weighted by Crippen LogP contribution is 2.18. The Morgan fingerprint density at radius 1 is 1.30 bits per heavy atom. The molecule has 2 aromatic rings. The van der Waals surface area contributed by atoms with Crippen LogP contribution >= 0.6 is 11.3 Å². The first-order valence-electron chi connectivity index (χ1n) is 7.26. The summed E-state index contributed by atoms with van der Waals surface area (Å²) in [5, 5.41) is 5.82. The summed E-state index contributed by atoms with van der Waals surface area (Å²) in [6.07, 6.45) is 3.13. The fraction of sp³-hybridized carbons (Fsp3) is 0.235. The topological polar surface area (TPSA) is 85.1 Å². The third kappa shape index (κ3) is 5.03. The second kappa shape index (κ2) is 7.69. The van der Waals surface area contributed by atoms with Crippen LogP contribution in [-0.2, 0) is 11.3 Å². The molecule has 23 heavy (non-hydrogen) atoms. The molecule has 0 aliphatic carbocycles. The minimum atomic E-state index is -0.470. The van der Waals surface area contributed by atoms with Crippen molar-refractivity contribution in [3.05, 3.63) is 57.6 Å². The molecule has 0 aliphatic rings. The molecule has 0 fully saturated rings. The number of thiazole rings is 1. The Bertz CT molecular complexity index is 718. The number of nitrogens with zero attached hydrogens (tertiary/aromatic N) is 1. The largest absolute Gasteiger partial charge is 0.366 e. The SMILES string of the molecule is CC(C)c1nc(CNC(=O)C=Cc2ccc(C(N)=O)cc2)cs1. The highest BCUT2D eigenvalue weighted by Gasteiger charge is 2.06. The molecule has 2 rings (SSSR count). The molecule has 3 N–H and O–H groups in total. The predicted octanol–water partition coefficient (Wildman–Crippen LogP) is 2.70. The molecule has 0 saturated carbocycles. The van der Waals surface area contributed by atoms with Crippen LogP contribution in [0.5, 0.6) is 0 Å². The van der Waals surface area contributed by atoms with Gasteiger partial charge < -0.3 is 11.1 Å². The fourth-order valence-corrected chi connectivity index (χ4v) is 2.67. The number of primary amides is 1. The summed E-state index contributed by atoms with van der Waals surface area (Å²) >= 11 is 1.60. The molecule has 120 valence electrons. The zero-order valence-electron chi connectivity index (χ0n) is 13.1. The minimum absolute atomic E-state index is 0.192. The number of rotatable bonds is 6. The lowest BCUT2D eigenvalue weighted by Gasteiger charge is -2.00. The third-order valence-corrected chi connectivity index (χ3v) is 4.32. The van der Waals surface area contributed by atoms with Crippen molar-refractivity contribution in [2.24, 2.45) is 5.73 Å². The Balaban J connectivity index is 1.87. The van der Waals surface area contributed by atoms with Crippen LogP contribution in [0.4, 0.5) is 0 Å². The van der Waals surface area contributed by atoms with Crippen molar-refractivity contribution >= 4 is 29.2 Å². The van der Waals surface area contributed by atoms with E-state index >= 15 is 0 Å². The third-order valence-electron chi connectivity index (χ3n) is 3.13. The zero-order chi connectivity index (χ0) is 16.8. The molecular formula is C17H19N3O2S. The number of hydrogen-bond acceptors (Lipinski definition) is 4. The first-order valence-corrected chi connectivity index (χ1v) is 8.13. The van der Waals surface area contributed by atoms with Crippen LogP contribution in [0.15, 0.2) is 35.7 Å². The smallest absolute Gasteiger partial charge is 0.248 e. The number of carbonyl (C=O) groups is 2. The van der Waals surface area contributed by atoms with Crippen molar-refractivity contribution < 1.29 is 9.59 Å². The fourth-order valence-electron chi connectivity index (χ4n) is 1.84. The lowest BCUT2D eigenvalue weighted by molar-refractivity contribution is -0.116. The van der Waals surface area contributed by atoms with Gasteiger partial charge in [0.25, 0.3) is 0 Å². The molecule has 6 heteroatoms. The van der Waals surface area contributed by atoms with Gasteiger partial charge in [0.2, 0.25) is 11.8 Å². The van der Waals surface area contributed by atoms with E-state index in [4.69, 9.17) is 5.73 Å². The van der Waals surface area contributed by atoms with Gasteiger partial charge in [-0.3, -0.25) is 9.59 Å². The highest BCUT2D eigenvalue weighted by molar-refractivity contribution is 7.09. The van der Waals surface area contributed by atoms with E-state index in [0.717, 1.165) is 16.3 Å². The molecule has 1 aromatic heterocycles. The Kier molecular flexibility index (Phi) is 5.65.